The summed E-state index contributed by atoms with van der Waals surface area (Å²) in [6, 6.07) is 5.67. The monoisotopic (exact) mass is 260 g/mol. The van der Waals surface area contributed by atoms with Gasteiger partial charge < -0.3 is 5.32 Å². The summed E-state index contributed by atoms with van der Waals surface area (Å²) in [5.74, 6) is -0.698. The minimum Gasteiger partial charge on any atom is -0.325 e. The van der Waals surface area contributed by atoms with Gasteiger partial charge in [-0.25, -0.2) is 4.39 Å². The molecule has 0 spiro atoms. The van der Waals surface area contributed by atoms with Gasteiger partial charge in [0.05, 0.1) is 11.3 Å². The molecule has 3 nitrogen and oxygen atoms in total. The van der Waals surface area contributed by atoms with E-state index < -0.39 is 5.82 Å². The summed E-state index contributed by atoms with van der Waals surface area (Å²) in [6.07, 6.45) is 0. The number of benzene rings is 1. The van der Waals surface area contributed by atoms with E-state index in [4.69, 9.17) is 5.26 Å². The van der Waals surface area contributed by atoms with Gasteiger partial charge in [-0.05, 0) is 29.0 Å². The van der Waals surface area contributed by atoms with Gasteiger partial charge in [0.1, 0.15) is 11.9 Å². The van der Waals surface area contributed by atoms with Crippen LogP contribution in [0.5, 0.6) is 0 Å². The van der Waals surface area contributed by atoms with Crippen molar-refractivity contribution in [3.8, 4) is 6.07 Å². The number of hydrogen-bond acceptors (Lipinski definition) is 2. The number of amides is 1. The summed E-state index contributed by atoms with van der Waals surface area (Å²) < 4.78 is 13.0. The van der Waals surface area contributed by atoms with Gasteiger partial charge in [0.2, 0.25) is 5.91 Å². The smallest absolute Gasteiger partial charge is 0.228 e. The first-order chi connectivity index (χ1) is 8.71. The van der Waals surface area contributed by atoms with Gasteiger partial charge >= 0.3 is 0 Å². The molecule has 1 N–H and O–H groups in total. The van der Waals surface area contributed by atoms with Crippen molar-refractivity contribution in [1.29, 1.82) is 5.26 Å². The molecule has 0 aliphatic heterocycles. The van der Waals surface area contributed by atoms with Crippen LogP contribution in [0.2, 0.25) is 0 Å². The highest BCUT2D eigenvalue weighted by Gasteiger charge is 2.68. The number of carbonyl (C=O) groups is 1. The van der Waals surface area contributed by atoms with Crippen LogP contribution in [0.15, 0.2) is 18.2 Å². The van der Waals surface area contributed by atoms with Crippen LogP contribution in [0.4, 0.5) is 10.1 Å². The Morgan fingerprint density at radius 1 is 1.32 bits per heavy atom. The Hall–Kier alpha value is -1.89. The van der Waals surface area contributed by atoms with Crippen LogP contribution in [0.1, 0.15) is 33.3 Å². The van der Waals surface area contributed by atoms with E-state index in [9.17, 15) is 9.18 Å². The lowest BCUT2D eigenvalue weighted by Crippen LogP contribution is -2.18. The molecule has 1 amide bonds. The second kappa shape index (κ2) is 4.06. The van der Waals surface area contributed by atoms with Crippen molar-refractivity contribution in [1.82, 2.24) is 0 Å². The molecule has 0 heterocycles. The highest BCUT2D eigenvalue weighted by molar-refractivity contribution is 5.97. The third kappa shape index (κ3) is 1.99. The zero-order valence-corrected chi connectivity index (χ0v) is 11.5. The molecule has 1 aliphatic rings. The minimum absolute atomic E-state index is 0.0656. The van der Waals surface area contributed by atoms with Crippen LogP contribution in [-0.2, 0) is 4.79 Å². The van der Waals surface area contributed by atoms with Gasteiger partial charge in [0.15, 0.2) is 0 Å². The van der Waals surface area contributed by atoms with E-state index in [0.29, 0.717) is 5.69 Å². The lowest BCUT2D eigenvalue weighted by Gasteiger charge is -2.08. The molecule has 1 aliphatic carbocycles. The number of nitrogens with zero attached hydrogens (tertiary/aromatic N) is 1. The van der Waals surface area contributed by atoms with Crippen molar-refractivity contribution in [3.63, 3.8) is 0 Å². The van der Waals surface area contributed by atoms with Crippen molar-refractivity contribution < 1.29 is 9.18 Å². The number of hydrogen-bond donors (Lipinski definition) is 1. The Balaban J connectivity index is 2.20. The van der Waals surface area contributed by atoms with Crippen LogP contribution in [-0.4, -0.2) is 5.91 Å². The summed E-state index contributed by atoms with van der Waals surface area (Å²) in [6.45, 7) is 8.19. The van der Waals surface area contributed by atoms with Crippen molar-refractivity contribution in [2.75, 3.05) is 5.32 Å². The van der Waals surface area contributed by atoms with E-state index in [2.05, 4.69) is 5.32 Å². The third-order valence-electron chi connectivity index (χ3n) is 4.64. The molecule has 1 fully saturated rings. The number of nitrogens with one attached hydrogen (secondary N) is 1. The lowest BCUT2D eigenvalue weighted by molar-refractivity contribution is -0.118. The standard InChI is InChI=1S/C15H17FN2O/c1-14(2)12(15(14,3)4)13(19)18-11-6-5-10(16)7-9(11)8-17/h5-7,12H,1-4H3,(H,18,19). The summed E-state index contributed by atoms with van der Waals surface area (Å²) in [5, 5.41) is 11.7. The summed E-state index contributed by atoms with van der Waals surface area (Å²) in [7, 11) is 0. The number of carbonyl (C=O) groups excluding carboxylic acids is 1. The SMILES string of the molecule is CC1(C)C(C(=O)Nc2ccc(F)cc2C#N)C1(C)C. The minimum atomic E-state index is -0.485. The molecule has 1 aromatic rings. The zero-order chi connectivity index (χ0) is 14.4. The fraction of sp³-hybridized carbons (Fsp3) is 0.467. The Morgan fingerprint density at radius 3 is 2.37 bits per heavy atom. The molecule has 1 saturated carbocycles. The van der Waals surface area contributed by atoms with Gasteiger partial charge in [-0.2, -0.15) is 5.26 Å². The number of anilines is 1. The first-order valence-electron chi connectivity index (χ1n) is 6.22. The average Bonchev–Trinajstić information content (AvgIpc) is 2.72. The quantitative estimate of drug-likeness (QED) is 0.886. The normalized spacial score (nSPS) is 19.6. The first kappa shape index (κ1) is 13.5. The molecule has 0 aromatic heterocycles. The second-order valence-electron chi connectivity index (χ2n) is 6.17. The van der Waals surface area contributed by atoms with E-state index in [1.54, 1.807) is 0 Å². The van der Waals surface area contributed by atoms with Gasteiger partial charge in [-0.3, -0.25) is 4.79 Å². The Bertz CT molecular complexity index is 570. The van der Waals surface area contributed by atoms with E-state index in [0.717, 1.165) is 6.07 Å². The molecule has 0 unspecified atom stereocenters. The molecule has 2 rings (SSSR count). The van der Waals surface area contributed by atoms with E-state index >= 15 is 0 Å². The lowest BCUT2D eigenvalue weighted by atomic mass is 10.0. The topological polar surface area (TPSA) is 52.9 Å². The van der Waals surface area contributed by atoms with E-state index in [1.165, 1.54) is 12.1 Å². The predicted molar refractivity (Wildman–Crippen MR) is 70.8 cm³/mol. The van der Waals surface area contributed by atoms with Crippen LogP contribution in [0.3, 0.4) is 0 Å². The Labute approximate surface area is 112 Å². The molecule has 0 radical (unpaired) electrons. The fourth-order valence-electron chi connectivity index (χ4n) is 2.77. The van der Waals surface area contributed by atoms with E-state index in [1.807, 2.05) is 33.8 Å². The van der Waals surface area contributed by atoms with Gasteiger partial charge in [-0.15, -0.1) is 0 Å². The number of halogens is 1. The maximum absolute atomic E-state index is 13.0. The molecule has 4 heteroatoms. The Morgan fingerprint density at radius 2 is 1.89 bits per heavy atom. The maximum Gasteiger partial charge on any atom is 0.228 e. The van der Waals surface area contributed by atoms with Crippen molar-refractivity contribution in [2.45, 2.75) is 27.7 Å². The molecule has 0 saturated heterocycles. The van der Waals surface area contributed by atoms with Crippen molar-refractivity contribution in [3.05, 3.63) is 29.6 Å². The van der Waals surface area contributed by atoms with Crippen LogP contribution >= 0.6 is 0 Å². The predicted octanol–water partition coefficient (Wildman–Crippen LogP) is 3.32. The third-order valence-corrected chi connectivity index (χ3v) is 4.64. The van der Waals surface area contributed by atoms with Gasteiger partial charge in [0, 0.05) is 5.92 Å². The van der Waals surface area contributed by atoms with Crippen LogP contribution in [0, 0.1) is 33.9 Å². The second-order valence-corrected chi connectivity index (χ2v) is 6.17. The molecule has 19 heavy (non-hydrogen) atoms. The molecule has 0 bridgehead atoms. The van der Waals surface area contributed by atoms with Crippen LogP contribution in [0.25, 0.3) is 0 Å². The molecule has 1 aromatic carbocycles. The summed E-state index contributed by atoms with van der Waals surface area (Å²) >= 11 is 0. The zero-order valence-electron chi connectivity index (χ0n) is 11.5. The maximum atomic E-state index is 13.0. The summed E-state index contributed by atoms with van der Waals surface area (Å²) in [4.78, 5) is 12.2. The molecule has 0 atom stereocenters. The highest BCUT2D eigenvalue weighted by atomic mass is 19.1. The highest BCUT2D eigenvalue weighted by Crippen LogP contribution is 2.68. The average molecular weight is 260 g/mol. The van der Waals surface area contributed by atoms with Gasteiger partial charge in [0.25, 0.3) is 0 Å². The molecular weight excluding hydrogens is 243 g/mol. The molecule has 100 valence electrons. The van der Waals surface area contributed by atoms with E-state index in [-0.39, 0.29) is 28.2 Å². The summed E-state index contributed by atoms with van der Waals surface area (Å²) in [5.41, 5.74) is 0.380. The van der Waals surface area contributed by atoms with Crippen LogP contribution < -0.4 is 5.32 Å². The largest absolute Gasteiger partial charge is 0.325 e. The van der Waals surface area contributed by atoms with Crippen molar-refractivity contribution >= 4 is 11.6 Å². The fourth-order valence-corrected chi connectivity index (χ4v) is 2.77. The van der Waals surface area contributed by atoms with Crippen molar-refractivity contribution in [2.24, 2.45) is 16.7 Å². The first-order valence-corrected chi connectivity index (χ1v) is 6.22. The molecular formula is C15H17FN2O. The number of nitriles is 1. The Kier molecular flexibility index (Phi) is 2.89. The number of rotatable bonds is 2. The van der Waals surface area contributed by atoms with Gasteiger partial charge in [-0.1, -0.05) is 27.7 Å².